The summed E-state index contributed by atoms with van der Waals surface area (Å²) in [7, 11) is 0. The Balaban J connectivity index is 1.36. The van der Waals surface area contributed by atoms with Crippen molar-refractivity contribution >= 4 is 34.3 Å². The maximum absolute atomic E-state index is 12.9. The molecule has 1 aliphatic heterocycles. The Morgan fingerprint density at radius 3 is 2.73 bits per heavy atom. The summed E-state index contributed by atoms with van der Waals surface area (Å²) < 4.78 is 38.7. The monoisotopic (exact) mass is 480 g/mol. The van der Waals surface area contributed by atoms with Crippen molar-refractivity contribution in [2.45, 2.75) is 50.7 Å². The second-order valence-corrected chi connectivity index (χ2v) is 9.76. The zero-order chi connectivity index (χ0) is 23.8. The van der Waals surface area contributed by atoms with E-state index in [1.54, 1.807) is 6.07 Å². The number of anilines is 1. The van der Waals surface area contributed by atoms with Crippen molar-refractivity contribution in [2.75, 3.05) is 11.9 Å². The first-order chi connectivity index (χ1) is 15.6. The van der Waals surface area contributed by atoms with Gasteiger partial charge in [-0.25, -0.2) is 9.78 Å². The molecule has 0 unspecified atom stereocenters. The molecule has 1 saturated heterocycles. The molecule has 2 heterocycles. The van der Waals surface area contributed by atoms with E-state index in [-0.39, 0.29) is 17.5 Å². The summed E-state index contributed by atoms with van der Waals surface area (Å²) in [6.45, 7) is 1.68. The Bertz CT molecular complexity index is 1080. The lowest BCUT2D eigenvalue weighted by Gasteiger charge is -2.33. The Labute approximate surface area is 192 Å². The molecule has 176 valence electrons. The number of benzene rings is 1. The molecule has 0 bridgehead atoms. The first-order valence-electron chi connectivity index (χ1n) is 10.6. The summed E-state index contributed by atoms with van der Waals surface area (Å²) in [6.07, 6.45) is 0.0680. The number of hydrogen-bond donors (Lipinski definition) is 2. The molecule has 1 spiro atoms. The molecule has 1 saturated carbocycles. The lowest BCUT2D eigenvalue weighted by atomic mass is 9.77. The zero-order valence-corrected chi connectivity index (χ0v) is 18.7. The van der Waals surface area contributed by atoms with Gasteiger partial charge in [0.25, 0.3) is 5.91 Å². The number of carbonyl (C=O) groups is 3. The van der Waals surface area contributed by atoms with Crippen LogP contribution in [0.25, 0.3) is 0 Å². The van der Waals surface area contributed by atoms with Crippen molar-refractivity contribution in [1.82, 2.24) is 15.2 Å². The number of nitrogens with one attached hydrogen (secondary N) is 2. The molecule has 2 aliphatic rings. The fourth-order valence-corrected chi connectivity index (χ4v) is 5.08. The molecule has 1 aromatic carbocycles. The molecule has 1 aliphatic carbocycles. The molecule has 7 nitrogen and oxygen atoms in total. The fraction of sp³-hybridized carbons (Fsp3) is 0.455. The highest BCUT2D eigenvalue weighted by Gasteiger charge is 2.52. The van der Waals surface area contributed by atoms with Crippen molar-refractivity contribution in [1.29, 1.82) is 0 Å². The van der Waals surface area contributed by atoms with E-state index in [2.05, 4.69) is 22.5 Å². The van der Waals surface area contributed by atoms with E-state index in [1.165, 1.54) is 12.3 Å². The lowest BCUT2D eigenvalue weighted by Crippen LogP contribution is -2.49. The van der Waals surface area contributed by atoms with Crippen LogP contribution in [-0.4, -0.2) is 39.8 Å². The number of rotatable bonds is 5. The molecular formula is C22H23F3N4O3S. The summed E-state index contributed by atoms with van der Waals surface area (Å²) >= 11 is 1.12. The van der Waals surface area contributed by atoms with Gasteiger partial charge in [0.15, 0.2) is 5.13 Å². The SMILES string of the molecule is CC1CCC2(CC1)NC(=O)N(CC(=O)Nc1ncc(Cc3cccc(C(F)(F)F)c3)s1)C2=O. The Kier molecular flexibility index (Phi) is 6.17. The van der Waals surface area contributed by atoms with Crippen LogP contribution < -0.4 is 10.6 Å². The normalized spacial score (nSPS) is 23.2. The molecule has 2 N–H and O–H groups in total. The van der Waals surface area contributed by atoms with Crippen LogP contribution in [0.3, 0.4) is 0 Å². The maximum Gasteiger partial charge on any atom is 0.416 e. The largest absolute Gasteiger partial charge is 0.416 e. The van der Waals surface area contributed by atoms with Crippen molar-refractivity contribution < 1.29 is 27.6 Å². The summed E-state index contributed by atoms with van der Waals surface area (Å²) in [5.41, 5.74) is -1.17. The van der Waals surface area contributed by atoms with Gasteiger partial charge in [0.1, 0.15) is 12.1 Å². The Hall–Kier alpha value is -2.95. The van der Waals surface area contributed by atoms with E-state index in [0.29, 0.717) is 29.2 Å². The molecule has 4 rings (SSSR count). The van der Waals surface area contributed by atoms with Crippen LogP contribution in [0, 0.1) is 5.92 Å². The Morgan fingerprint density at radius 1 is 1.30 bits per heavy atom. The number of hydrogen-bond acceptors (Lipinski definition) is 5. The second-order valence-electron chi connectivity index (χ2n) is 8.64. The maximum atomic E-state index is 12.9. The molecule has 33 heavy (non-hydrogen) atoms. The van der Waals surface area contributed by atoms with Gasteiger partial charge >= 0.3 is 12.2 Å². The molecule has 2 fully saturated rings. The molecule has 4 amide bonds. The average Bonchev–Trinajstić information content (AvgIpc) is 3.27. The van der Waals surface area contributed by atoms with Gasteiger partial charge < -0.3 is 10.6 Å². The van der Waals surface area contributed by atoms with E-state index < -0.39 is 35.8 Å². The first-order valence-corrected chi connectivity index (χ1v) is 11.4. The van der Waals surface area contributed by atoms with Gasteiger partial charge in [-0.1, -0.05) is 25.1 Å². The number of imide groups is 1. The molecule has 0 radical (unpaired) electrons. The van der Waals surface area contributed by atoms with E-state index in [9.17, 15) is 27.6 Å². The zero-order valence-electron chi connectivity index (χ0n) is 17.9. The van der Waals surface area contributed by atoms with Gasteiger partial charge in [0.05, 0.1) is 5.56 Å². The predicted octanol–water partition coefficient (Wildman–Crippen LogP) is 4.19. The molecule has 1 aromatic heterocycles. The minimum Gasteiger partial charge on any atom is -0.323 e. The summed E-state index contributed by atoms with van der Waals surface area (Å²) in [4.78, 5) is 43.4. The van der Waals surface area contributed by atoms with E-state index in [0.717, 1.165) is 41.2 Å². The standard InChI is InChI=1S/C22H23F3N4O3S/c1-13-5-7-21(8-6-13)18(31)29(20(32)28-21)12-17(30)27-19-26-11-16(33-19)10-14-3-2-4-15(9-14)22(23,24)25/h2-4,9,11,13H,5-8,10,12H2,1H3,(H,28,32)(H,26,27,30). The highest BCUT2D eigenvalue weighted by molar-refractivity contribution is 7.15. The van der Waals surface area contributed by atoms with Crippen LogP contribution in [0.15, 0.2) is 30.5 Å². The van der Waals surface area contributed by atoms with Gasteiger partial charge in [0.2, 0.25) is 5.91 Å². The highest BCUT2D eigenvalue weighted by atomic mass is 32.1. The first kappa shape index (κ1) is 23.2. The van der Waals surface area contributed by atoms with Crippen molar-refractivity contribution in [2.24, 2.45) is 5.92 Å². The van der Waals surface area contributed by atoms with Gasteiger partial charge in [-0.3, -0.25) is 14.5 Å². The third-order valence-electron chi connectivity index (χ3n) is 6.11. The molecule has 11 heteroatoms. The number of halogens is 3. The highest BCUT2D eigenvalue weighted by Crippen LogP contribution is 2.36. The number of thiazole rings is 1. The molecular weight excluding hydrogens is 457 g/mol. The minimum absolute atomic E-state index is 0.228. The summed E-state index contributed by atoms with van der Waals surface area (Å²) in [5.74, 6) is -0.452. The smallest absolute Gasteiger partial charge is 0.323 e. The molecule has 2 aromatic rings. The minimum atomic E-state index is -4.42. The van der Waals surface area contributed by atoms with Gasteiger partial charge in [0, 0.05) is 17.5 Å². The Morgan fingerprint density at radius 2 is 2.03 bits per heavy atom. The fourth-order valence-electron chi connectivity index (χ4n) is 4.22. The van der Waals surface area contributed by atoms with Crippen molar-refractivity contribution in [3.05, 3.63) is 46.5 Å². The number of aromatic nitrogens is 1. The van der Waals surface area contributed by atoms with E-state index >= 15 is 0 Å². The van der Waals surface area contributed by atoms with E-state index in [1.807, 2.05) is 0 Å². The topological polar surface area (TPSA) is 91.4 Å². The summed E-state index contributed by atoms with van der Waals surface area (Å²) in [5, 5.41) is 5.58. The van der Waals surface area contributed by atoms with Crippen LogP contribution in [0.2, 0.25) is 0 Å². The third kappa shape index (κ3) is 5.02. The van der Waals surface area contributed by atoms with Gasteiger partial charge in [-0.15, -0.1) is 11.3 Å². The average molecular weight is 481 g/mol. The van der Waals surface area contributed by atoms with Crippen LogP contribution in [0.5, 0.6) is 0 Å². The lowest BCUT2D eigenvalue weighted by molar-refractivity contribution is -0.137. The number of nitrogens with zero attached hydrogens (tertiary/aromatic N) is 2. The number of alkyl halides is 3. The number of amides is 4. The molecule has 0 atom stereocenters. The predicted molar refractivity (Wildman–Crippen MR) is 116 cm³/mol. The van der Waals surface area contributed by atoms with Crippen LogP contribution in [0.1, 0.15) is 48.6 Å². The van der Waals surface area contributed by atoms with Crippen molar-refractivity contribution in [3.8, 4) is 0 Å². The van der Waals surface area contributed by atoms with Crippen LogP contribution in [-0.2, 0) is 22.2 Å². The van der Waals surface area contributed by atoms with E-state index in [4.69, 9.17) is 0 Å². The van der Waals surface area contributed by atoms with Crippen molar-refractivity contribution in [3.63, 3.8) is 0 Å². The number of urea groups is 1. The number of carbonyl (C=O) groups excluding carboxylic acids is 3. The van der Waals surface area contributed by atoms with Crippen LogP contribution in [0.4, 0.5) is 23.1 Å². The third-order valence-corrected chi connectivity index (χ3v) is 7.02. The quantitative estimate of drug-likeness (QED) is 0.628. The summed E-state index contributed by atoms with van der Waals surface area (Å²) in [6, 6.07) is 4.45. The van der Waals surface area contributed by atoms with Gasteiger partial charge in [-0.2, -0.15) is 13.2 Å². The van der Waals surface area contributed by atoms with Gasteiger partial charge in [-0.05, 0) is 43.2 Å². The van der Waals surface area contributed by atoms with Crippen LogP contribution >= 0.6 is 11.3 Å². The second kappa shape index (κ2) is 8.77.